The van der Waals surface area contributed by atoms with Crippen molar-refractivity contribution in [1.29, 1.82) is 0 Å². The number of likely N-dealkylation sites (tertiary alicyclic amines) is 1. The second-order valence-corrected chi connectivity index (χ2v) is 6.29. The molecule has 2 rings (SSSR count). The molecule has 1 amide bonds. The van der Waals surface area contributed by atoms with Gasteiger partial charge in [-0.1, -0.05) is 13.8 Å². The molecule has 1 aromatic rings. The second kappa shape index (κ2) is 5.85. The fourth-order valence-corrected chi connectivity index (χ4v) is 3.17. The Morgan fingerprint density at radius 1 is 1.25 bits per heavy atom. The minimum absolute atomic E-state index is 0.117. The van der Waals surface area contributed by atoms with Crippen molar-refractivity contribution in [3.63, 3.8) is 0 Å². The molecule has 0 spiro atoms. The van der Waals surface area contributed by atoms with Crippen LogP contribution >= 0.6 is 0 Å². The molecule has 5 nitrogen and oxygen atoms in total. The highest BCUT2D eigenvalue weighted by atomic mass is 16.2. The maximum Gasteiger partial charge on any atom is 0.325 e. The van der Waals surface area contributed by atoms with Crippen LogP contribution in [0.3, 0.4) is 0 Å². The monoisotopic (exact) mass is 279 g/mol. The maximum absolute atomic E-state index is 12.3. The molecule has 2 atom stereocenters. The Labute approximate surface area is 120 Å². The zero-order valence-electron chi connectivity index (χ0n) is 12.9. The molecule has 0 aliphatic carbocycles. The van der Waals surface area contributed by atoms with E-state index in [0.717, 1.165) is 24.5 Å². The molecule has 0 radical (unpaired) electrons. The van der Waals surface area contributed by atoms with Gasteiger partial charge in [-0.05, 0) is 32.1 Å². The molecule has 1 aliphatic heterocycles. The number of carbonyl (C=O) groups excluding carboxylic acids is 1. The SMILES string of the molecule is Cc1[nH]c(=O)n(CCC(=O)N2CC(C)CC(C)C2)c1C. The lowest BCUT2D eigenvalue weighted by Crippen LogP contribution is -2.43. The van der Waals surface area contributed by atoms with Gasteiger partial charge in [0, 0.05) is 37.4 Å². The summed E-state index contributed by atoms with van der Waals surface area (Å²) in [6.45, 7) is 10.3. The minimum Gasteiger partial charge on any atom is -0.342 e. The Morgan fingerprint density at radius 3 is 2.35 bits per heavy atom. The Balaban J connectivity index is 1.97. The van der Waals surface area contributed by atoms with E-state index in [-0.39, 0.29) is 11.6 Å². The highest BCUT2D eigenvalue weighted by Crippen LogP contribution is 2.21. The summed E-state index contributed by atoms with van der Waals surface area (Å²) in [4.78, 5) is 28.8. The first-order chi connectivity index (χ1) is 9.38. The number of imidazole rings is 1. The smallest absolute Gasteiger partial charge is 0.325 e. The summed E-state index contributed by atoms with van der Waals surface area (Å²) in [5.74, 6) is 1.30. The second-order valence-electron chi connectivity index (χ2n) is 6.29. The van der Waals surface area contributed by atoms with Gasteiger partial charge in [0.25, 0.3) is 0 Å². The van der Waals surface area contributed by atoms with E-state index in [4.69, 9.17) is 0 Å². The topological polar surface area (TPSA) is 58.1 Å². The molecule has 0 bridgehead atoms. The number of piperidine rings is 1. The number of carbonyl (C=O) groups is 1. The van der Waals surface area contributed by atoms with Gasteiger partial charge in [0.1, 0.15) is 0 Å². The molecule has 20 heavy (non-hydrogen) atoms. The van der Waals surface area contributed by atoms with Crippen LogP contribution in [0.4, 0.5) is 0 Å². The molecule has 1 aliphatic rings. The lowest BCUT2D eigenvalue weighted by Gasteiger charge is -2.35. The average Bonchev–Trinajstić information content (AvgIpc) is 2.60. The largest absolute Gasteiger partial charge is 0.342 e. The van der Waals surface area contributed by atoms with Gasteiger partial charge in [-0.25, -0.2) is 4.79 Å². The Kier molecular flexibility index (Phi) is 4.35. The fourth-order valence-electron chi connectivity index (χ4n) is 3.17. The minimum atomic E-state index is -0.117. The van der Waals surface area contributed by atoms with Crippen molar-refractivity contribution >= 4 is 5.91 Å². The lowest BCUT2D eigenvalue weighted by atomic mass is 9.92. The van der Waals surface area contributed by atoms with E-state index in [9.17, 15) is 9.59 Å². The van der Waals surface area contributed by atoms with Crippen molar-refractivity contribution in [2.75, 3.05) is 13.1 Å². The first-order valence-corrected chi connectivity index (χ1v) is 7.42. The van der Waals surface area contributed by atoms with E-state index in [1.54, 1.807) is 4.57 Å². The molecule has 0 aromatic carbocycles. The van der Waals surface area contributed by atoms with Gasteiger partial charge in [0.15, 0.2) is 0 Å². The number of H-pyrrole nitrogens is 1. The van der Waals surface area contributed by atoms with E-state index in [1.807, 2.05) is 18.7 Å². The zero-order chi connectivity index (χ0) is 14.9. The summed E-state index contributed by atoms with van der Waals surface area (Å²) in [6, 6.07) is 0. The predicted molar refractivity (Wildman–Crippen MR) is 78.7 cm³/mol. The van der Waals surface area contributed by atoms with Crippen LogP contribution in [-0.2, 0) is 11.3 Å². The number of hydrogen-bond donors (Lipinski definition) is 1. The molecule has 112 valence electrons. The van der Waals surface area contributed by atoms with Crippen molar-refractivity contribution in [2.24, 2.45) is 11.8 Å². The van der Waals surface area contributed by atoms with Crippen LogP contribution in [0, 0.1) is 25.7 Å². The van der Waals surface area contributed by atoms with Crippen LogP contribution in [0.15, 0.2) is 4.79 Å². The van der Waals surface area contributed by atoms with Gasteiger partial charge in [0.2, 0.25) is 5.91 Å². The van der Waals surface area contributed by atoms with Gasteiger partial charge < -0.3 is 9.88 Å². The summed E-state index contributed by atoms with van der Waals surface area (Å²) in [7, 11) is 0. The number of hydrogen-bond acceptors (Lipinski definition) is 2. The van der Waals surface area contributed by atoms with E-state index < -0.39 is 0 Å². The van der Waals surface area contributed by atoms with Crippen LogP contribution in [0.1, 0.15) is 38.1 Å². The number of aryl methyl sites for hydroxylation is 1. The Morgan fingerprint density at radius 2 is 1.85 bits per heavy atom. The number of rotatable bonds is 3. The van der Waals surface area contributed by atoms with Crippen LogP contribution < -0.4 is 5.69 Å². The third-order valence-electron chi connectivity index (χ3n) is 4.26. The predicted octanol–water partition coefficient (Wildman–Crippen LogP) is 1.69. The maximum atomic E-state index is 12.3. The van der Waals surface area contributed by atoms with Gasteiger partial charge in [-0.2, -0.15) is 0 Å². The van der Waals surface area contributed by atoms with Crippen molar-refractivity contribution in [3.05, 3.63) is 21.9 Å². The molecule has 1 fully saturated rings. The quantitative estimate of drug-likeness (QED) is 0.915. The average molecular weight is 279 g/mol. The number of aromatic amines is 1. The molecule has 2 unspecified atom stereocenters. The summed E-state index contributed by atoms with van der Waals surface area (Å²) < 4.78 is 1.66. The summed E-state index contributed by atoms with van der Waals surface area (Å²) in [6.07, 6.45) is 1.59. The van der Waals surface area contributed by atoms with Crippen molar-refractivity contribution in [1.82, 2.24) is 14.5 Å². The molecular weight excluding hydrogens is 254 g/mol. The Hall–Kier alpha value is -1.52. The first-order valence-electron chi connectivity index (χ1n) is 7.42. The molecule has 0 saturated carbocycles. The molecule has 1 N–H and O–H groups in total. The van der Waals surface area contributed by atoms with Crippen molar-refractivity contribution in [3.8, 4) is 0 Å². The van der Waals surface area contributed by atoms with Gasteiger partial charge >= 0.3 is 5.69 Å². The van der Waals surface area contributed by atoms with Crippen LogP contribution in [-0.4, -0.2) is 33.4 Å². The summed E-state index contributed by atoms with van der Waals surface area (Å²) >= 11 is 0. The zero-order valence-corrected chi connectivity index (χ0v) is 12.9. The number of nitrogens with zero attached hydrogens (tertiary/aromatic N) is 2. The number of nitrogens with one attached hydrogen (secondary N) is 1. The third kappa shape index (κ3) is 3.14. The lowest BCUT2D eigenvalue weighted by molar-refractivity contribution is -0.134. The van der Waals surface area contributed by atoms with E-state index in [2.05, 4.69) is 18.8 Å². The van der Waals surface area contributed by atoms with Gasteiger partial charge in [-0.15, -0.1) is 0 Å². The van der Waals surface area contributed by atoms with Crippen molar-refractivity contribution < 1.29 is 4.79 Å². The summed E-state index contributed by atoms with van der Waals surface area (Å²) in [5.41, 5.74) is 1.68. The highest BCUT2D eigenvalue weighted by Gasteiger charge is 2.25. The normalized spacial score (nSPS) is 23.1. The van der Waals surface area contributed by atoms with E-state index in [0.29, 0.717) is 24.8 Å². The number of aromatic nitrogens is 2. The molecular formula is C15H25N3O2. The van der Waals surface area contributed by atoms with Crippen LogP contribution in [0.25, 0.3) is 0 Å². The van der Waals surface area contributed by atoms with Crippen LogP contribution in [0.2, 0.25) is 0 Å². The first kappa shape index (κ1) is 14.9. The summed E-state index contributed by atoms with van der Waals surface area (Å²) in [5, 5.41) is 0. The van der Waals surface area contributed by atoms with Gasteiger partial charge in [-0.3, -0.25) is 9.36 Å². The van der Waals surface area contributed by atoms with E-state index >= 15 is 0 Å². The van der Waals surface area contributed by atoms with E-state index in [1.165, 1.54) is 6.42 Å². The highest BCUT2D eigenvalue weighted by molar-refractivity contribution is 5.76. The van der Waals surface area contributed by atoms with Gasteiger partial charge in [0.05, 0.1) is 0 Å². The van der Waals surface area contributed by atoms with Crippen LogP contribution in [0.5, 0.6) is 0 Å². The molecule has 1 saturated heterocycles. The molecule has 2 heterocycles. The molecule has 5 heteroatoms. The standard InChI is InChI=1S/C15H25N3O2/c1-10-7-11(2)9-17(8-10)14(19)5-6-18-13(4)12(3)16-15(18)20/h10-11H,5-9H2,1-4H3,(H,16,20). The molecule has 1 aromatic heterocycles. The van der Waals surface area contributed by atoms with Crippen molar-refractivity contribution in [2.45, 2.75) is 47.1 Å². The fraction of sp³-hybridized carbons (Fsp3) is 0.733. The number of amides is 1. The Bertz CT molecular complexity index is 534. The third-order valence-corrected chi connectivity index (χ3v) is 4.26.